The molecule has 0 amide bonds. The first kappa shape index (κ1) is 15.6. The van der Waals surface area contributed by atoms with Gasteiger partial charge >= 0.3 is 0 Å². The third-order valence-electron chi connectivity index (χ3n) is 9.00. The zero-order valence-corrected chi connectivity index (χ0v) is 15.7. The van der Waals surface area contributed by atoms with E-state index in [9.17, 15) is 5.11 Å². The first-order chi connectivity index (χ1) is 12.5. The van der Waals surface area contributed by atoms with Gasteiger partial charge in [-0.05, 0) is 61.6 Å². The molecule has 1 aromatic rings. The van der Waals surface area contributed by atoms with Crippen LogP contribution in [0.3, 0.4) is 0 Å². The summed E-state index contributed by atoms with van der Waals surface area (Å²) in [6.07, 6.45) is 5.54. The largest absolute Gasteiger partial charge is 0.483 e. The highest BCUT2D eigenvalue weighted by molar-refractivity contribution is 5.97. The number of hydrogen-bond acceptors (Lipinski definition) is 4. The SMILES string of the molecule is COC1=Nc2ccccc2[C@]12CCN1C[C@@H]3CC[C@H](O)[C@]4(C)C[C@]34C[C@H]12. The highest BCUT2D eigenvalue weighted by Gasteiger charge is 2.76. The van der Waals surface area contributed by atoms with E-state index in [1.807, 2.05) is 0 Å². The second-order valence-electron chi connectivity index (χ2n) is 9.61. The van der Waals surface area contributed by atoms with Crippen molar-refractivity contribution < 1.29 is 9.84 Å². The first-order valence-electron chi connectivity index (χ1n) is 10.2. The van der Waals surface area contributed by atoms with E-state index in [0.29, 0.717) is 11.5 Å². The van der Waals surface area contributed by atoms with Crippen molar-refractivity contribution in [2.24, 2.45) is 21.7 Å². The zero-order valence-electron chi connectivity index (χ0n) is 15.7. The van der Waals surface area contributed by atoms with E-state index in [4.69, 9.17) is 9.73 Å². The predicted octanol–water partition coefficient (Wildman–Crippen LogP) is 3.26. The average Bonchev–Trinajstić information content (AvgIpc) is 2.98. The first-order valence-corrected chi connectivity index (χ1v) is 10.2. The summed E-state index contributed by atoms with van der Waals surface area (Å²) >= 11 is 0. The van der Waals surface area contributed by atoms with Crippen LogP contribution in [0.2, 0.25) is 0 Å². The summed E-state index contributed by atoms with van der Waals surface area (Å²) in [6.45, 7) is 4.66. The minimum Gasteiger partial charge on any atom is -0.483 e. The van der Waals surface area contributed by atoms with Crippen LogP contribution < -0.4 is 0 Å². The number of ether oxygens (including phenoxy) is 1. The summed E-state index contributed by atoms with van der Waals surface area (Å²) < 4.78 is 5.88. The number of piperidine rings is 1. The number of nitrogens with zero attached hydrogens (tertiary/aromatic N) is 2. The van der Waals surface area contributed by atoms with Crippen LogP contribution in [-0.4, -0.2) is 48.2 Å². The van der Waals surface area contributed by atoms with Crippen molar-refractivity contribution in [3.63, 3.8) is 0 Å². The molecule has 2 spiro atoms. The van der Waals surface area contributed by atoms with Gasteiger partial charge in [0.2, 0.25) is 5.90 Å². The maximum atomic E-state index is 10.7. The lowest BCUT2D eigenvalue weighted by Crippen LogP contribution is -2.56. The maximum Gasteiger partial charge on any atom is 0.200 e. The molecule has 0 aromatic heterocycles. The van der Waals surface area contributed by atoms with Gasteiger partial charge in [0, 0.05) is 18.0 Å². The molecule has 2 saturated heterocycles. The van der Waals surface area contributed by atoms with Gasteiger partial charge in [-0.25, -0.2) is 4.99 Å². The molecule has 4 nitrogen and oxygen atoms in total. The Morgan fingerprint density at radius 3 is 2.96 bits per heavy atom. The normalized spacial score (nSPS) is 48.4. The minimum absolute atomic E-state index is 0.0863. The lowest BCUT2D eigenvalue weighted by molar-refractivity contribution is -0.0412. The summed E-state index contributed by atoms with van der Waals surface area (Å²) in [7, 11) is 1.78. The summed E-state index contributed by atoms with van der Waals surface area (Å²) in [6, 6.07) is 9.06. The Bertz CT molecular complexity index is 822. The molecule has 0 bridgehead atoms. The van der Waals surface area contributed by atoms with Crippen molar-refractivity contribution in [2.45, 2.75) is 56.6 Å². The third kappa shape index (κ3) is 1.55. The molecular formula is C22H28N2O2. The molecule has 0 unspecified atom stereocenters. The van der Waals surface area contributed by atoms with E-state index in [1.54, 1.807) is 7.11 Å². The topological polar surface area (TPSA) is 45.1 Å². The summed E-state index contributed by atoms with van der Waals surface area (Å²) in [5.41, 5.74) is 2.83. The van der Waals surface area contributed by atoms with Crippen LogP contribution in [-0.2, 0) is 10.2 Å². The standard InChI is InChI=1S/C22H28N2O2/c1-20-13-21(20)11-17-22(9-10-24(17)12-14(21)7-8-18(20)25)15-5-3-4-6-16(15)23-19(22)26-2/h3-6,14,17-18,25H,7-13H2,1-2H3/t14-,17-,18-,20-,21+,22-/m0/s1. The van der Waals surface area contributed by atoms with Gasteiger partial charge in [0.15, 0.2) is 0 Å². The number of hydrogen-bond donors (Lipinski definition) is 1. The van der Waals surface area contributed by atoms with Crippen LogP contribution >= 0.6 is 0 Å². The van der Waals surface area contributed by atoms with Crippen LogP contribution in [0.5, 0.6) is 0 Å². The molecule has 0 radical (unpaired) electrons. The number of fused-ring (bicyclic) bond motifs is 4. The van der Waals surface area contributed by atoms with Crippen LogP contribution in [0.4, 0.5) is 5.69 Å². The Morgan fingerprint density at radius 1 is 1.27 bits per heavy atom. The Morgan fingerprint density at radius 2 is 2.12 bits per heavy atom. The van der Waals surface area contributed by atoms with E-state index in [-0.39, 0.29) is 16.9 Å². The quantitative estimate of drug-likeness (QED) is 0.779. The molecule has 6 rings (SSSR count). The van der Waals surface area contributed by atoms with Gasteiger partial charge in [-0.3, -0.25) is 4.90 Å². The maximum absolute atomic E-state index is 10.7. The van der Waals surface area contributed by atoms with Crippen molar-refractivity contribution in [1.29, 1.82) is 0 Å². The summed E-state index contributed by atoms with van der Waals surface area (Å²) in [4.78, 5) is 7.61. The van der Waals surface area contributed by atoms with Crippen molar-refractivity contribution in [2.75, 3.05) is 20.2 Å². The van der Waals surface area contributed by atoms with Crippen molar-refractivity contribution in [3.05, 3.63) is 29.8 Å². The highest BCUT2D eigenvalue weighted by atomic mass is 16.5. The van der Waals surface area contributed by atoms with Crippen LogP contribution in [0.25, 0.3) is 0 Å². The van der Waals surface area contributed by atoms with E-state index in [0.717, 1.165) is 36.9 Å². The molecule has 1 aromatic carbocycles. The van der Waals surface area contributed by atoms with Gasteiger partial charge < -0.3 is 9.84 Å². The molecule has 1 N–H and O–H groups in total. The van der Waals surface area contributed by atoms with Crippen LogP contribution in [0.15, 0.2) is 29.3 Å². The Balaban J connectivity index is 1.45. The smallest absolute Gasteiger partial charge is 0.200 e. The van der Waals surface area contributed by atoms with Gasteiger partial charge in [-0.15, -0.1) is 0 Å². The number of aliphatic hydroxyl groups is 1. The zero-order chi connectivity index (χ0) is 17.7. The molecule has 3 heterocycles. The van der Waals surface area contributed by atoms with Crippen molar-refractivity contribution in [3.8, 4) is 0 Å². The number of rotatable bonds is 0. The van der Waals surface area contributed by atoms with E-state index >= 15 is 0 Å². The lowest BCUT2D eigenvalue weighted by Gasteiger charge is -2.50. The molecule has 4 fully saturated rings. The van der Waals surface area contributed by atoms with Gasteiger partial charge in [0.25, 0.3) is 0 Å². The molecule has 138 valence electrons. The predicted molar refractivity (Wildman–Crippen MR) is 101 cm³/mol. The Labute approximate surface area is 155 Å². The second-order valence-corrected chi connectivity index (χ2v) is 9.61. The number of methoxy groups -OCH3 is 1. The fourth-order valence-corrected chi connectivity index (χ4v) is 7.53. The lowest BCUT2D eigenvalue weighted by atomic mass is 9.62. The number of aliphatic imine (C=N–C) groups is 1. The molecule has 2 saturated carbocycles. The van der Waals surface area contributed by atoms with Crippen molar-refractivity contribution >= 4 is 11.6 Å². The molecule has 26 heavy (non-hydrogen) atoms. The number of benzene rings is 1. The highest BCUT2D eigenvalue weighted by Crippen LogP contribution is 2.77. The Kier molecular flexibility index (Phi) is 2.84. The number of aliphatic hydroxyl groups excluding tert-OH is 1. The second kappa shape index (κ2) is 4.71. The monoisotopic (exact) mass is 352 g/mol. The van der Waals surface area contributed by atoms with Crippen molar-refractivity contribution in [1.82, 2.24) is 4.90 Å². The molecule has 4 heteroatoms. The van der Waals surface area contributed by atoms with Gasteiger partial charge in [0.1, 0.15) is 0 Å². The van der Waals surface area contributed by atoms with Gasteiger partial charge in [-0.2, -0.15) is 0 Å². The van der Waals surface area contributed by atoms with E-state index < -0.39 is 0 Å². The summed E-state index contributed by atoms with van der Waals surface area (Å²) in [5.74, 6) is 1.67. The summed E-state index contributed by atoms with van der Waals surface area (Å²) in [5, 5.41) is 10.7. The number of para-hydroxylation sites is 1. The fraction of sp³-hybridized carbons (Fsp3) is 0.682. The molecule has 2 aliphatic carbocycles. The molecular weight excluding hydrogens is 324 g/mol. The average molecular weight is 352 g/mol. The van der Waals surface area contributed by atoms with Gasteiger partial charge in [-0.1, -0.05) is 25.1 Å². The van der Waals surface area contributed by atoms with E-state index in [2.05, 4.69) is 36.1 Å². The van der Waals surface area contributed by atoms with Crippen LogP contribution in [0, 0.1) is 16.7 Å². The molecule has 5 aliphatic rings. The Hall–Kier alpha value is -1.39. The minimum atomic E-state index is -0.117. The fourth-order valence-electron chi connectivity index (χ4n) is 7.53. The van der Waals surface area contributed by atoms with E-state index in [1.165, 1.54) is 31.4 Å². The third-order valence-corrected chi connectivity index (χ3v) is 9.00. The molecule has 3 aliphatic heterocycles. The van der Waals surface area contributed by atoms with Crippen LogP contribution in [0.1, 0.15) is 44.6 Å². The molecule has 6 atom stereocenters. The van der Waals surface area contributed by atoms with Gasteiger partial charge in [0.05, 0.1) is 24.3 Å².